The van der Waals surface area contributed by atoms with Crippen molar-refractivity contribution < 1.29 is 9.59 Å². The Kier molecular flexibility index (Phi) is 4.67. The Morgan fingerprint density at radius 1 is 1.33 bits per heavy atom. The van der Waals surface area contributed by atoms with Crippen molar-refractivity contribution in [2.45, 2.75) is 6.92 Å². The van der Waals surface area contributed by atoms with Crippen LogP contribution in [0.4, 0.5) is 11.4 Å². The molecule has 18 heavy (non-hydrogen) atoms. The number of nitrogens with two attached hydrogens (primary N) is 2. The quantitative estimate of drug-likeness (QED) is 0.637. The van der Waals surface area contributed by atoms with E-state index in [4.69, 9.17) is 11.5 Å². The lowest BCUT2D eigenvalue weighted by Crippen LogP contribution is -2.36. The van der Waals surface area contributed by atoms with Crippen molar-refractivity contribution in [1.29, 1.82) is 0 Å². The van der Waals surface area contributed by atoms with E-state index in [0.717, 1.165) is 5.56 Å². The average molecular weight is 250 g/mol. The Bertz CT molecular complexity index is 459. The molecule has 0 bridgehead atoms. The van der Waals surface area contributed by atoms with Crippen LogP contribution in [0.25, 0.3) is 0 Å². The number of hydrogen-bond donors (Lipinski definition) is 3. The van der Waals surface area contributed by atoms with Crippen LogP contribution in [0.3, 0.4) is 0 Å². The summed E-state index contributed by atoms with van der Waals surface area (Å²) in [6.45, 7) is 2.02. The highest BCUT2D eigenvalue weighted by atomic mass is 16.2. The molecule has 98 valence electrons. The molecule has 2 amide bonds. The van der Waals surface area contributed by atoms with E-state index in [2.05, 4.69) is 5.32 Å². The molecule has 0 fully saturated rings. The molecular weight excluding hydrogens is 232 g/mol. The van der Waals surface area contributed by atoms with Crippen molar-refractivity contribution in [1.82, 2.24) is 4.90 Å². The summed E-state index contributed by atoms with van der Waals surface area (Å²) in [5.41, 5.74) is 12.9. The summed E-state index contributed by atoms with van der Waals surface area (Å²) in [5, 5.41) is 2.74. The van der Waals surface area contributed by atoms with Crippen molar-refractivity contribution >= 4 is 23.2 Å². The number of primary amides is 1. The number of nitrogen functional groups attached to an aromatic ring is 1. The highest BCUT2D eigenvalue weighted by Crippen LogP contribution is 2.17. The maximum Gasteiger partial charge on any atom is 0.238 e. The SMILES string of the molecule is Cc1ccc(N)cc1NC(=O)CN(C)CC(N)=O. The van der Waals surface area contributed by atoms with Crippen molar-refractivity contribution in [2.24, 2.45) is 5.73 Å². The number of carbonyl (C=O) groups excluding carboxylic acids is 2. The molecule has 6 heteroatoms. The number of benzene rings is 1. The number of nitrogens with zero attached hydrogens (tertiary/aromatic N) is 1. The molecule has 5 N–H and O–H groups in total. The number of aryl methyl sites for hydroxylation is 1. The van der Waals surface area contributed by atoms with Crippen LogP contribution in [-0.2, 0) is 9.59 Å². The third-order valence-corrected chi connectivity index (χ3v) is 2.37. The van der Waals surface area contributed by atoms with E-state index in [-0.39, 0.29) is 19.0 Å². The molecule has 1 aromatic carbocycles. The minimum Gasteiger partial charge on any atom is -0.399 e. The molecule has 1 rings (SSSR count). The van der Waals surface area contributed by atoms with Crippen molar-refractivity contribution in [3.8, 4) is 0 Å². The van der Waals surface area contributed by atoms with Gasteiger partial charge in [-0.25, -0.2) is 0 Å². The second-order valence-electron chi connectivity index (χ2n) is 4.26. The summed E-state index contributed by atoms with van der Waals surface area (Å²) in [6.07, 6.45) is 0. The van der Waals surface area contributed by atoms with Crippen molar-refractivity contribution in [3.63, 3.8) is 0 Å². The zero-order valence-electron chi connectivity index (χ0n) is 10.6. The van der Waals surface area contributed by atoms with Crippen LogP contribution < -0.4 is 16.8 Å². The highest BCUT2D eigenvalue weighted by Gasteiger charge is 2.10. The maximum atomic E-state index is 11.7. The van der Waals surface area contributed by atoms with Gasteiger partial charge in [0.2, 0.25) is 11.8 Å². The molecule has 0 aliphatic heterocycles. The Morgan fingerprint density at radius 3 is 2.61 bits per heavy atom. The molecule has 0 unspecified atom stereocenters. The van der Waals surface area contributed by atoms with Crippen LogP contribution in [0, 0.1) is 6.92 Å². The van der Waals surface area contributed by atoms with Gasteiger partial charge in [0.1, 0.15) is 0 Å². The van der Waals surface area contributed by atoms with Gasteiger partial charge in [-0.15, -0.1) is 0 Å². The van der Waals surface area contributed by atoms with E-state index in [1.165, 1.54) is 0 Å². The van der Waals surface area contributed by atoms with Gasteiger partial charge in [-0.2, -0.15) is 0 Å². The molecule has 0 heterocycles. The Labute approximate surface area is 106 Å². The Balaban J connectivity index is 2.59. The smallest absolute Gasteiger partial charge is 0.238 e. The van der Waals surface area contributed by atoms with Gasteiger partial charge in [-0.3, -0.25) is 14.5 Å². The zero-order valence-corrected chi connectivity index (χ0v) is 10.6. The summed E-state index contributed by atoms with van der Waals surface area (Å²) in [5.74, 6) is -0.683. The largest absolute Gasteiger partial charge is 0.399 e. The zero-order chi connectivity index (χ0) is 13.7. The third kappa shape index (κ3) is 4.42. The second-order valence-corrected chi connectivity index (χ2v) is 4.26. The van der Waals surface area contributed by atoms with Crippen LogP contribution in [0.15, 0.2) is 18.2 Å². The normalized spacial score (nSPS) is 10.4. The fraction of sp³-hybridized carbons (Fsp3) is 0.333. The number of nitrogens with one attached hydrogen (secondary N) is 1. The predicted molar refractivity (Wildman–Crippen MR) is 70.9 cm³/mol. The van der Waals surface area contributed by atoms with E-state index in [9.17, 15) is 9.59 Å². The van der Waals surface area contributed by atoms with E-state index >= 15 is 0 Å². The lowest BCUT2D eigenvalue weighted by Gasteiger charge is -2.15. The van der Waals surface area contributed by atoms with Gasteiger partial charge < -0.3 is 16.8 Å². The minimum absolute atomic E-state index is 0.0450. The summed E-state index contributed by atoms with van der Waals surface area (Å²) in [7, 11) is 1.65. The lowest BCUT2D eigenvalue weighted by molar-refractivity contribution is -0.120. The van der Waals surface area contributed by atoms with Gasteiger partial charge in [-0.05, 0) is 31.7 Å². The maximum absolute atomic E-state index is 11.7. The number of carbonyl (C=O) groups is 2. The molecule has 0 aromatic heterocycles. The fourth-order valence-electron chi connectivity index (χ4n) is 1.53. The Hall–Kier alpha value is -2.08. The first-order valence-electron chi connectivity index (χ1n) is 5.51. The van der Waals surface area contributed by atoms with Crippen LogP contribution in [-0.4, -0.2) is 36.9 Å². The van der Waals surface area contributed by atoms with Crippen LogP contribution in [0.1, 0.15) is 5.56 Å². The van der Waals surface area contributed by atoms with E-state index in [1.807, 2.05) is 13.0 Å². The second kappa shape index (κ2) is 6.02. The number of likely N-dealkylation sites (N-methyl/N-ethyl adjacent to an activating group) is 1. The van der Waals surface area contributed by atoms with E-state index < -0.39 is 5.91 Å². The molecular formula is C12H18N4O2. The van der Waals surface area contributed by atoms with Crippen LogP contribution >= 0.6 is 0 Å². The van der Waals surface area contributed by atoms with Gasteiger partial charge in [0.15, 0.2) is 0 Å². The molecule has 0 aliphatic rings. The van der Waals surface area contributed by atoms with Crippen LogP contribution in [0.5, 0.6) is 0 Å². The first-order valence-corrected chi connectivity index (χ1v) is 5.51. The lowest BCUT2D eigenvalue weighted by atomic mass is 10.2. The Morgan fingerprint density at radius 2 is 2.00 bits per heavy atom. The van der Waals surface area contributed by atoms with E-state index in [1.54, 1.807) is 24.1 Å². The van der Waals surface area contributed by atoms with Gasteiger partial charge in [0.25, 0.3) is 0 Å². The standard InChI is InChI=1S/C12H18N4O2/c1-8-3-4-9(13)5-10(8)15-12(18)7-16(2)6-11(14)17/h3-5H,6-7,13H2,1-2H3,(H2,14,17)(H,15,18). The highest BCUT2D eigenvalue weighted by molar-refractivity contribution is 5.93. The summed E-state index contributed by atoms with van der Waals surface area (Å²) in [4.78, 5) is 23.9. The van der Waals surface area contributed by atoms with Crippen molar-refractivity contribution in [3.05, 3.63) is 23.8 Å². The number of amides is 2. The molecule has 0 radical (unpaired) electrons. The monoisotopic (exact) mass is 250 g/mol. The average Bonchev–Trinajstić information content (AvgIpc) is 2.21. The third-order valence-electron chi connectivity index (χ3n) is 2.37. The van der Waals surface area contributed by atoms with Gasteiger partial charge >= 0.3 is 0 Å². The molecule has 0 saturated carbocycles. The molecule has 0 atom stereocenters. The van der Waals surface area contributed by atoms with Crippen LogP contribution in [0.2, 0.25) is 0 Å². The van der Waals surface area contributed by atoms with Gasteiger partial charge in [-0.1, -0.05) is 6.07 Å². The molecule has 0 aliphatic carbocycles. The summed E-state index contributed by atoms with van der Waals surface area (Å²) in [6, 6.07) is 5.30. The summed E-state index contributed by atoms with van der Waals surface area (Å²) >= 11 is 0. The van der Waals surface area contributed by atoms with Gasteiger partial charge in [0, 0.05) is 11.4 Å². The van der Waals surface area contributed by atoms with Crippen molar-refractivity contribution in [2.75, 3.05) is 31.2 Å². The number of rotatable bonds is 5. The predicted octanol–water partition coefficient (Wildman–Crippen LogP) is -0.0672. The molecule has 1 aromatic rings. The first kappa shape index (κ1) is 14.0. The van der Waals surface area contributed by atoms with Gasteiger partial charge in [0.05, 0.1) is 13.1 Å². The number of anilines is 2. The molecule has 0 saturated heterocycles. The fourth-order valence-corrected chi connectivity index (χ4v) is 1.53. The molecule has 0 spiro atoms. The topological polar surface area (TPSA) is 101 Å². The summed E-state index contributed by atoms with van der Waals surface area (Å²) < 4.78 is 0. The first-order chi connectivity index (χ1) is 8.38. The number of hydrogen-bond acceptors (Lipinski definition) is 4. The minimum atomic E-state index is -0.467. The van der Waals surface area contributed by atoms with E-state index in [0.29, 0.717) is 11.4 Å². The molecule has 6 nitrogen and oxygen atoms in total.